The van der Waals surface area contributed by atoms with Gasteiger partial charge in [0.1, 0.15) is 0 Å². The maximum Gasteiger partial charge on any atom is 0.233 e. The van der Waals surface area contributed by atoms with Gasteiger partial charge in [-0.2, -0.15) is 0 Å². The summed E-state index contributed by atoms with van der Waals surface area (Å²) in [7, 11) is 0. The van der Waals surface area contributed by atoms with Crippen LogP contribution in [0.1, 0.15) is 116 Å². The Morgan fingerprint density at radius 2 is 1.08 bits per heavy atom. The average Bonchev–Trinajstić information content (AvgIpc) is 2.93. The molecule has 0 bridgehead atoms. The number of hydrogen-bond acceptors (Lipinski definition) is 2. The minimum absolute atomic E-state index is 0.0535. The molecule has 1 heterocycles. The van der Waals surface area contributed by atoms with E-state index in [1.807, 2.05) is 6.08 Å². The SMILES string of the molecule is CCCCCCCCCCCCCCCCC=CN1C(=O)CCC1=O. The molecule has 0 aromatic carbocycles. The predicted octanol–water partition coefficient (Wildman–Crippen LogP) is 6.52. The monoisotopic (exact) mass is 349 g/mol. The maximum atomic E-state index is 11.4. The first kappa shape index (κ1) is 21.9. The summed E-state index contributed by atoms with van der Waals surface area (Å²) >= 11 is 0. The average molecular weight is 350 g/mol. The zero-order valence-electron chi connectivity index (χ0n) is 16.4. The van der Waals surface area contributed by atoms with Crippen LogP contribution in [0.4, 0.5) is 0 Å². The van der Waals surface area contributed by atoms with Gasteiger partial charge < -0.3 is 0 Å². The molecule has 0 aromatic rings. The minimum atomic E-state index is -0.0535. The van der Waals surface area contributed by atoms with Crippen LogP contribution in [0.25, 0.3) is 0 Å². The predicted molar refractivity (Wildman–Crippen MR) is 105 cm³/mol. The van der Waals surface area contributed by atoms with Gasteiger partial charge in [-0.15, -0.1) is 0 Å². The molecule has 3 nitrogen and oxygen atoms in total. The highest BCUT2D eigenvalue weighted by Gasteiger charge is 2.26. The van der Waals surface area contributed by atoms with Crippen molar-refractivity contribution in [3.63, 3.8) is 0 Å². The van der Waals surface area contributed by atoms with Gasteiger partial charge in [0.05, 0.1) is 0 Å². The molecule has 1 aliphatic rings. The van der Waals surface area contributed by atoms with Gasteiger partial charge in [-0.3, -0.25) is 14.5 Å². The quantitative estimate of drug-likeness (QED) is 0.235. The van der Waals surface area contributed by atoms with E-state index in [4.69, 9.17) is 0 Å². The van der Waals surface area contributed by atoms with Gasteiger partial charge in [0, 0.05) is 19.0 Å². The first-order valence-corrected chi connectivity index (χ1v) is 10.8. The number of carbonyl (C=O) groups is 2. The number of amides is 2. The van der Waals surface area contributed by atoms with E-state index in [-0.39, 0.29) is 11.8 Å². The molecule has 0 unspecified atom stereocenters. The number of hydrogen-bond donors (Lipinski definition) is 0. The van der Waals surface area contributed by atoms with Gasteiger partial charge in [0.2, 0.25) is 11.8 Å². The molecule has 144 valence electrons. The Morgan fingerprint density at radius 3 is 1.52 bits per heavy atom. The van der Waals surface area contributed by atoms with Crippen molar-refractivity contribution in [2.75, 3.05) is 0 Å². The lowest BCUT2D eigenvalue weighted by atomic mass is 10.0. The molecule has 0 atom stereocenters. The highest BCUT2D eigenvalue weighted by atomic mass is 16.2. The highest BCUT2D eigenvalue weighted by molar-refractivity contribution is 6.02. The van der Waals surface area contributed by atoms with E-state index >= 15 is 0 Å². The lowest BCUT2D eigenvalue weighted by Gasteiger charge is -2.06. The zero-order valence-corrected chi connectivity index (χ0v) is 16.4. The van der Waals surface area contributed by atoms with Gasteiger partial charge in [-0.05, 0) is 12.8 Å². The number of carbonyl (C=O) groups excluding carboxylic acids is 2. The largest absolute Gasteiger partial charge is 0.274 e. The van der Waals surface area contributed by atoms with Gasteiger partial charge in [0.25, 0.3) is 0 Å². The van der Waals surface area contributed by atoms with Crippen LogP contribution in [-0.4, -0.2) is 16.7 Å². The Morgan fingerprint density at radius 1 is 0.680 bits per heavy atom. The smallest absolute Gasteiger partial charge is 0.233 e. The fraction of sp³-hybridized carbons (Fsp3) is 0.818. The van der Waals surface area contributed by atoms with Crippen molar-refractivity contribution in [2.45, 2.75) is 116 Å². The third-order valence-corrected chi connectivity index (χ3v) is 5.07. The summed E-state index contributed by atoms with van der Waals surface area (Å²) in [4.78, 5) is 24.1. The number of nitrogens with zero attached hydrogens (tertiary/aromatic N) is 1. The van der Waals surface area contributed by atoms with Crippen molar-refractivity contribution in [1.82, 2.24) is 4.90 Å². The fourth-order valence-corrected chi connectivity index (χ4v) is 3.40. The summed E-state index contributed by atoms with van der Waals surface area (Å²) in [5.74, 6) is -0.107. The Labute approximate surface area is 155 Å². The number of rotatable bonds is 16. The van der Waals surface area contributed by atoms with Gasteiger partial charge in [-0.25, -0.2) is 0 Å². The number of unbranched alkanes of at least 4 members (excludes halogenated alkanes) is 14. The van der Waals surface area contributed by atoms with Crippen LogP contribution in [0, 0.1) is 0 Å². The van der Waals surface area contributed by atoms with Crippen molar-refractivity contribution in [1.29, 1.82) is 0 Å². The fourth-order valence-electron chi connectivity index (χ4n) is 3.40. The molecular weight excluding hydrogens is 310 g/mol. The molecule has 1 saturated heterocycles. The molecule has 1 rings (SSSR count). The van der Waals surface area contributed by atoms with E-state index in [1.54, 1.807) is 6.20 Å². The normalized spacial score (nSPS) is 15.0. The van der Waals surface area contributed by atoms with Gasteiger partial charge in [-0.1, -0.05) is 96.5 Å². The van der Waals surface area contributed by atoms with Gasteiger partial charge in [0.15, 0.2) is 0 Å². The van der Waals surface area contributed by atoms with Crippen molar-refractivity contribution >= 4 is 11.8 Å². The Balaban J connectivity index is 1.79. The zero-order chi connectivity index (χ0) is 18.2. The van der Waals surface area contributed by atoms with Crippen LogP contribution in [0.15, 0.2) is 12.3 Å². The Bertz CT molecular complexity index is 373. The first-order valence-electron chi connectivity index (χ1n) is 10.8. The van der Waals surface area contributed by atoms with Gasteiger partial charge >= 0.3 is 0 Å². The van der Waals surface area contributed by atoms with Crippen LogP contribution < -0.4 is 0 Å². The molecule has 0 aromatic heterocycles. The maximum absolute atomic E-state index is 11.4. The molecular formula is C22H39NO2. The van der Waals surface area contributed by atoms with E-state index in [0.717, 1.165) is 12.8 Å². The van der Waals surface area contributed by atoms with Crippen LogP contribution in [-0.2, 0) is 9.59 Å². The Kier molecular flexibility index (Phi) is 13.3. The van der Waals surface area contributed by atoms with E-state index in [1.165, 1.54) is 88.4 Å². The van der Waals surface area contributed by atoms with Crippen LogP contribution >= 0.6 is 0 Å². The molecule has 0 aliphatic carbocycles. The number of allylic oxidation sites excluding steroid dienone is 1. The van der Waals surface area contributed by atoms with Crippen LogP contribution in [0.3, 0.4) is 0 Å². The summed E-state index contributed by atoms with van der Waals surface area (Å²) in [5.41, 5.74) is 0. The lowest BCUT2D eigenvalue weighted by Crippen LogP contribution is -2.22. The summed E-state index contributed by atoms with van der Waals surface area (Å²) in [6.45, 7) is 2.27. The van der Waals surface area contributed by atoms with Crippen molar-refractivity contribution in [2.24, 2.45) is 0 Å². The molecule has 0 spiro atoms. The van der Waals surface area contributed by atoms with E-state index in [0.29, 0.717) is 12.8 Å². The third kappa shape index (κ3) is 11.2. The minimum Gasteiger partial charge on any atom is -0.274 e. The van der Waals surface area contributed by atoms with Crippen LogP contribution in [0.2, 0.25) is 0 Å². The Hall–Kier alpha value is -1.12. The summed E-state index contributed by atoms with van der Waals surface area (Å²) in [5, 5.41) is 0. The highest BCUT2D eigenvalue weighted by Crippen LogP contribution is 2.14. The number of imide groups is 1. The van der Waals surface area contributed by atoms with E-state index in [2.05, 4.69) is 6.92 Å². The van der Waals surface area contributed by atoms with E-state index < -0.39 is 0 Å². The molecule has 0 saturated carbocycles. The standard InChI is InChI=1S/C22H39NO2/c1-2-3-4-5-6-7-8-9-10-11-12-13-14-15-16-17-20-23-21(24)18-19-22(23)25/h17,20H,2-16,18-19H2,1H3. The number of likely N-dealkylation sites (tertiary alicyclic amines) is 1. The van der Waals surface area contributed by atoms with Crippen molar-refractivity contribution in [3.05, 3.63) is 12.3 Å². The topological polar surface area (TPSA) is 37.4 Å². The van der Waals surface area contributed by atoms with Crippen LogP contribution in [0.5, 0.6) is 0 Å². The van der Waals surface area contributed by atoms with E-state index in [9.17, 15) is 9.59 Å². The second kappa shape index (κ2) is 15.2. The lowest BCUT2D eigenvalue weighted by molar-refractivity contribution is -0.135. The second-order valence-corrected chi connectivity index (χ2v) is 7.43. The molecule has 0 N–H and O–H groups in total. The van der Waals surface area contributed by atoms with Crippen molar-refractivity contribution < 1.29 is 9.59 Å². The third-order valence-electron chi connectivity index (χ3n) is 5.07. The summed E-state index contributed by atoms with van der Waals surface area (Å²) in [6, 6.07) is 0. The molecule has 3 heteroatoms. The first-order chi connectivity index (χ1) is 12.3. The summed E-state index contributed by atoms with van der Waals surface area (Å²) < 4.78 is 0. The second-order valence-electron chi connectivity index (χ2n) is 7.43. The molecule has 1 fully saturated rings. The molecule has 0 radical (unpaired) electrons. The molecule has 1 aliphatic heterocycles. The summed E-state index contributed by atoms with van der Waals surface area (Å²) in [6.07, 6.45) is 24.5. The molecule has 2 amide bonds. The molecule has 25 heavy (non-hydrogen) atoms. The van der Waals surface area contributed by atoms with Crippen molar-refractivity contribution in [3.8, 4) is 0 Å².